The number of nitrogens with one attached hydrogen (secondary N) is 2. The number of aliphatic hydroxyl groups excluding tert-OH is 1. The van der Waals surface area contributed by atoms with Gasteiger partial charge < -0.3 is 20.5 Å². The van der Waals surface area contributed by atoms with Crippen LogP contribution in [0.4, 0.5) is 0 Å². The lowest BCUT2D eigenvalue weighted by atomic mass is 9.97. The van der Waals surface area contributed by atoms with Crippen LogP contribution < -0.4 is 10.6 Å². The van der Waals surface area contributed by atoms with E-state index >= 15 is 0 Å². The zero-order valence-corrected chi connectivity index (χ0v) is 19.9. The van der Waals surface area contributed by atoms with Crippen molar-refractivity contribution in [3.05, 3.63) is 83.9 Å². The highest BCUT2D eigenvalue weighted by Crippen LogP contribution is 2.18. The van der Waals surface area contributed by atoms with Gasteiger partial charge in [-0.3, -0.25) is 14.4 Å². The number of carbonyl (C=O) groups is 3. The summed E-state index contributed by atoms with van der Waals surface area (Å²) in [4.78, 5) is 38.2. The van der Waals surface area contributed by atoms with Crippen LogP contribution in [-0.4, -0.2) is 42.1 Å². The molecule has 0 fully saturated rings. The second-order valence-corrected chi connectivity index (χ2v) is 8.79. The Hall–Kier alpha value is -3.45. The summed E-state index contributed by atoms with van der Waals surface area (Å²) >= 11 is 0. The Balaban J connectivity index is 1.69. The van der Waals surface area contributed by atoms with E-state index in [0.29, 0.717) is 32.1 Å². The molecule has 0 spiro atoms. The van der Waals surface area contributed by atoms with Crippen LogP contribution in [0, 0.1) is 5.92 Å². The van der Waals surface area contributed by atoms with Gasteiger partial charge in [-0.25, -0.2) is 0 Å². The summed E-state index contributed by atoms with van der Waals surface area (Å²) in [7, 11) is 0. The van der Waals surface area contributed by atoms with Crippen molar-refractivity contribution >= 4 is 17.8 Å². The molecule has 2 aromatic carbocycles. The predicted molar refractivity (Wildman–Crippen MR) is 133 cm³/mol. The molecular weight excluding hydrogens is 444 g/mol. The van der Waals surface area contributed by atoms with Gasteiger partial charge in [-0.1, -0.05) is 72.8 Å². The molecule has 7 nitrogen and oxygen atoms in total. The fraction of sp³-hybridized carbons (Fsp3) is 0.393. The van der Waals surface area contributed by atoms with Gasteiger partial charge in [-0.05, 0) is 36.8 Å². The summed E-state index contributed by atoms with van der Waals surface area (Å²) in [6.45, 7) is -0.163. The third-order valence-electron chi connectivity index (χ3n) is 5.98. The molecular formula is C28H34N2O5. The highest BCUT2D eigenvalue weighted by molar-refractivity contribution is 5.86. The van der Waals surface area contributed by atoms with Crippen LogP contribution in [0.3, 0.4) is 0 Å². The number of amides is 2. The largest absolute Gasteiger partial charge is 0.463 e. The van der Waals surface area contributed by atoms with E-state index < -0.39 is 18.0 Å². The van der Waals surface area contributed by atoms with Gasteiger partial charge in [0.15, 0.2) is 0 Å². The van der Waals surface area contributed by atoms with Crippen molar-refractivity contribution in [2.75, 3.05) is 13.2 Å². The van der Waals surface area contributed by atoms with Gasteiger partial charge >= 0.3 is 5.97 Å². The quantitative estimate of drug-likeness (QED) is 0.419. The Bertz CT molecular complexity index is 977. The summed E-state index contributed by atoms with van der Waals surface area (Å²) in [6.07, 6.45) is 6.39. The molecule has 0 saturated heterocycles. The average molecular weight is 479 g/mol. The summed E-state index contributed by atoms with van der Waals surface area (Å²) in [5, 5.41) is 15.6. The van der Waals surface area contributed by atoms with Crippen LogP contribution in [0.1, 0.15) is 49.3 Å². The number of hydrogen-bond donors (Lipinski definition) is 3. The van der Waals surface area contributed by atoms with Crippen LogP contribution in [0.5, 0.6) is 0 Å². The molecule has 2 aromatic rings. The molecule has 1 aliphatic rings. The average Bonchev–Trinajstić information content (AvgIpc) is 2.89. The summed E-state index contributed by atoms with van der Waals surface area (Å²) in [6, 6.07) is 18.0. The lowest BCUT2D eigenvalue weighted by Gasteiger charge is -2.23. The van der Waals surface area contributed by atoms with E-state index in [1.54, 1.807) is 0 Å². The summed E-state index contributed by atoms with van der Waals surface area (Å²) < 4.78 is 5.43. The van der Waals surface area contributed by atoms with Crippen molar-refractivity contribution in [3.63, 3.8) is 0 Å². The van der Waals surface area contributed by atoms with Crippen LogP contribution in [0.25, 0.3) is 0 Å². The van der Waals surface area contributed by atoms with Gasteiger partial charge in [0, 0.05) is 12.8 Å². The number of hydrogen-bond acceptors (Lipinski definition) is 5. The number of aliphatic hydroxyl groups is 1. The van der Waals surface area contributed by atoms with Gasteiger partial charge in [0.25, 0.3) is 0 Å². The van der Waals surface area contributed by atoms with Crippen molar-refractivity contribution in [1.29, 1.82) is 0 Å². The maximum atomic E-state index is 13.2. The normalized spacial score (nSPS) is 20.4. The number of ether oxygens (including phenoxy) is 1. The molecule has 7 heteroatoms. The van der Waals surface area contributed by atoms with Crippen molar-refractivity contribution in [2.24, 2.45) is 5.92 Å². The molecule has 0 aliphatic carbocycles. The molecule has 35 heavy (non-hydrogen) atoms. The smallest absolute Gasteiger partial charge is 0.305 e. The Labute approximate surface area is 206 Å². The topological polar surface area (TPSA) is 105 Å². The molecule has 0 aromatic heterocycles. The van der Waals surface area contributed by atoms with E-state index in [0.717, 1.165) is 11.1 Å². The Kier molecular flexibility index (Phi) is 10.5. The monoisotopic (exact) mass is 478 g/mol. The van der Waals surface area contributed by atoms with Gasteiger partial charge in [-0.2, -0.15) is 0 Å². The van der Waals surface area contributed by atoms with Crippen molar-refractivity contribution in [2.45, 2.75) is 50.6 Å². The molecule has 3 atom stereocenters. The first-order chi connectivity index (χ1) is 17.0. The maximum absolute atomic E-state index is 13.2. The lowest BCUT2D eigenvalue weighted by molar-refractivity contribution is -0.145. The number of allylic oxidation sites excluding steroid dienone is 2. The minimum atomic E-state index is -0.593. The van der Waals surface area contributed by atoms with E-state index in [1.165, 1.54) is 0 Å². The van der Waals surface area contributed by atoms with Crippen molar-refractivity contribution in [1.82, 2.24) is 10.6 Å². The lowest BCUT2D eigenvalue weighted by Crippen LogP contribution is -2.42. The molecule has 1 heterocycles. The fourth-order valence-electron chi connectivity index (χ4n) is 4.04. The second kappa shape index (κ2) is 14.1. The van der Waals surface area contributed by atoms with Gasteiger partial charge in [0.1, 0.15) is 6.61 Å². The molecule has 0 saturated carbocycles. The first-order valence-electron chi connectivity index (χ1n) is 12.1. The van der Waals surface area contributed by atoms with E-state index in [-0.39, 0.29) is 37.4 Å². The fourth-order valence-corrected chi connectivity index (χ4v) is 4.04. The molecule has 1 aliphatic heterocycles. The summed E-state index contributed by atoms with van der Waals surface area (Å²) in [5.41, 5.74) is 1.83. The zero-order valence-electron chi connectivity index (χ0n) is 19.9. The number of benzene rings is 2. The van der Waals surface area contributed by atoms with Crippen molar-refractivity contribution < 1.29 is 24.2 Å². The molecule has 0 radical (unpaired) electrons. The van der Waals surface area contributed by atoms with Gasteiger partial charge in [0.05, 0.1) is 24.6 Å². The summed E-state index contributed by atoms with van der Waals surface area (Å²) in [5.74, 6) is -1.46. The number of esters is 1. The Morgan fingerprint density at radius 2 is 1.77 bits per heavy atom. The zero-order chi connectivity index (χ0) is 24.9. The van der Waals surface area contributed by atoms with Gasteiger partial charge in [-0.15, -0.1) is 0 Å². The second-order valence-electron chi connectivity index (χ2n) is 8.79. The van der Waals surface area contributed by atoms with Crippen molar-refractivity contribution in [3.8, 4) is 0 Å². The Morgan fingerprint density at radius 1 is 1.06 bits per heavy atom. The number of cyclic esters (lactones) is 1. The minimum Gasteiger partial charge on any atom is -0.463 e. The third kappa shape index (κ3) is 9.02. The third-order valence-corrected chi connectivity index (χ3v) is 5.98. The van der Waals surface area contributed by atoms with Crippen LogP contribution in [0.2, 0.25) is 0 Å². The molecule has 3 rings (SSSR count). The molecule has 2 amide bonds. The standard InChI is InChI=1S/C28H34N2O5/c31-19-24(17-21-11-5-3-6-12-21)29-26(32)18-23-15-7-1-2-10-16-27(33)35-20-25(30-28(23)34)22-13-8-4-9-14-22/h1,3-9,11-14,23-25,31H,2,10,15-20H2,(H,29,32)(H,30,34)/t23-,24-,25+/m1/s1. The van der Waals surface area contributed by atoms with E-state index in [2.05, 4.69) is 10.6 Å². The highest BCUT2D eigenvalue weighted by atomic mass is 16.5. The molecule has 3 N–H and O–H groups in total. The highest BCUT2D eigenvalue weighted by Gasteiger charge is 2.26. The number of carbonyl (C=O) groups excluding carboxylic acids is 3. The van der Waals surface area contributed by atoms with E-state index in [9.17, 15) is 19.5 Å². The molecule has 0 bridgehead atoms. The van der Waals surface area contributed by atoms with Crippen LogP contribution in [-0.2, 0) is 25.5 Å². The number of rotatable bonds is 7. The van der Waals surface area contributed by atoms with Crippen LogP contribution in [0.15, 0.2) is 72.8 Å². The molecule has 0 unspecified atom stereocenters. The molecule has 186 valence electrons. The van der Waals surface area contributed by atoms with E-state index in [1.807, 2.05) is 72.8 Å². The predicted octanol–water partition coefficient (Wildman–Crippen LogP) is 3.24. The first kappa shape index (κ1) is 26.2. The van der Waals surface area contributed by atoms with E-state index in [4.69, 9.17) is 4.74 Å². The van der Waals surface area contributed by atoms with Gasteiger partial charge in [0.2, 0.25) is 11.8 Å². The maximum Gasteiger partial charge on any atom is 0.305 e. The Morgan fingerprint density at radius 3 is 2.49 bits per heavy atom. The minimum absolute atomic E-state index is 0.0112. The van der Waals surface area contributed by atoms with Crippen LogP contribution >= 0.6 is 0 Å². The SMILES string of the molecule is O=C(C[C@H]1CC=CCCCC(=O)OC[C@@H](c2ccccc2)NC1=O)N[C@@H](CO)Cc1ccccc1. The first-order valence-corrected chi connectivity index (χ1v) is 12.1.